The number of methoxy groups -OCH3 is 1. The van der Waals surface area contributed by atoms with Crippen molar-refractivity contribution in [1.29, 1.82) is 0 Å². The number of fused-ring (bicyclic) bond motifs is 1. The molecule has 0 aliphatic carbocycles. The van der Waals surface area contributed by atoms with Gasteiger partial charge in [0, 0.05) is 6.20 Å². The maximum atomic E-state index is 12.7. The molecule has 112 valence electrons. The number of rotatable bonds is 4. The molecule has 0 radical (unpaired) electrons. The number of para-hydroxylation sites is 2. The molecule has 6 heteroatoms. The van der Waals surface area contributed by atoms with E-state index in [2.05, 4.69) is 4.98 Å². The van der Waals surface area contributed by atoms with E-state index >= 15 is 0 Å². The van der Waals surface area contributed by atoms with Gasteiger partial charge in [-0.1, -0.05) is 12.1 Å². The summed E-state index contributed by atoms with van der Waals surface area (Å²) in [4.78, 5) is 29.6. The number of aliphatic carboxylic acids is 1. The van der Waals surface area contributed by atoms with E-state index in [9.17, 15) is 14.7 Å². The molecular weight excluding hydrogens is 284 g/mol. The van der Waals surface area contributed by atoms with Crippen LogP contribution >= 0.6 is 0 Å². The topological polar surface area (TPSA) is 79.7 Å². The highest BCUT2D eigenvalue weighted by Gasteiger charge is 2.40. The SMILES string of the molecule is COc1ccccc1N1C(=O)c2cccnc2C1CC(=O)O. The summed E-state index contributed by atoms with van der Waals surface area (Å²) in [5, 5.41) is 9.18. The van der Waals surface area contributed by atoms with Crippen molar-refractivity contribution >= 4 is 17.6 Å². The summed E-state index contributed by atoms with van der Waals surface area (Å²) >= 11 is 0. The second-order valence-electron chi connectivity index (χ2n) is 4.90. The largest absolute Gasteiger partial charge is 0.495 e. The summed E-state index contributed by atoms with van der Waals surface area (Å²) in [5.41, 5.74) is 1.46. The molecule has 1 unspecified atom stereocenters. The van der Waals surface area contributed by atoms with Crippen molar-refractivity contribution in [2.75, 3.05) is 12.0 Å². The van der Waals surface area contributed by atoms with Crippen molar-refractivity contribution in [3.63, 3.8) is 0 Å². The Hall–Kier alpha value is -2.89. The van der Waals surface area contributed by atoms with Crippen LogP contribution in [0.25, 0.3) is 0 Å². The minimum absolute atomic E-state index is 0.214. The highest BCUT2D eigenvalue weighted by atomic mass is 16.5. The minimum atomic E-state index is -0.990. The Morgan fingerprint density at radius 2 is 2.09 bits per heavy atom. The zero-order chi connectivity index (χ0) is 15.7. The Labute approximate surface area is 127 Å². The Bertz CT molecular complexity index is 744. The Balaban J connectivity index is 2.13. The van der Waals surface area contributed by atoms with Gasteiger partial charge in [0.2, 0.25) is 0 Å². The number of carboxylic acid groups (broad SMARTS) is 1. The summed E-state index contributed by atoms with van der Waals surface area (Å²) in [6.07, 6.45) is 1.35. The number of pyridine rings is 1. The summed E-state index contributed by atoms with van der Waals surface area (Å²) in [7, 11) is 1.51. The molecule has 0 spiro atoms. The van der Waals surface area contributed by atoms with Crippen LogP contribution in [0.1, 0.15) is 28.5 Å². The zero-order valence-electron chi connectivity index (χ0n) is 11.9. The fraction of sp³-hybridized carbons (Fsp3) is 0.188. The third-order valence-electron chi connectivity index (χ3n) is 3.63. The molecule has 22 heavy (non-hydrogen) atoms. The maximum absolute atomic E-state index is 12.7. The molecule has 1 aliphatic heterocycles. The van der Waals surface area contributed by atoms with Crippen LogP contribution in [0, 0.1) is 0 Å². The van der Waals surface area contributed by atoms with Crippen LogP contribution < -0.4 is 9.64 Å². The molecule has 0 fully saturated rings. The van der Waals surface area contributed by atoms with Crippen LogP contribution in [0.15, 0.2) is 42.6 Å². The van der Waals surface area contributed by atoms with E-state index in [1.165, 1.54) is 12.0 Å². The number of carboxylic acids is 1. The van der Waals surface area contributed by atoms with Crippen LogP contribution in [0.2, 0.25) is 0 Å². The molecule has 2 heterocycles. The lowest BCUT2D eigenvalue weighted by atomic mass is 10.1. The number of nitrogens with zero attached hydrogens (tertiary/aromatic N) is 2. The second kappa shape index (κ2) is 5.48. The Morgan fingerprint density at radius 3 is 2.82 bits per heavy atom. The first-order chi connectivity index (χ1) is 10.6. The molecular formula is C16H14N2O4. The highest BCUT2D eigenvalue weighted by Crippen LogP contribution is 2.41. The first kappa shape index (κ1) is 14.1. The normalized spacial score (nSPS) is 16.5. The van der Waals surface area contributed by atoms with Crippen molar-refractivity contribution in [3.05, 3.63) is 53.9 Å². The third-order valence-corrected chi connectivity index (χ3v) is 3.63. The van der Waals surface area contributed by atoms with Gasteiger partial charge in [-0.3, -0.25) is 19.5 Å². The molecule has 1 aromatic heterocycles. The molecule has 1 amide bonds. The first-order valence-corrected chi connectivity index (χ1v) is 6.76. The van der Waals surface area contributed by atoms with Crippen LogP contribution in [0.3, 0.4) is 0 Å². The van der Waals surface area contributed by atoms with Gasteiger partial charge in [0.1, 0.15) is 5.75 Å². The van der Waals surface area contributed by atoms with E-state index in [-0.39, 0.29) is 12.3 Å². The van der Waals surface area contributed by atoms with Crippen molar-refractivity contribution in [1.82, 2.24) is 4.98 Å². The predicted octanol–water partition coefficient (Wildman–Crippen LogP) is 2.27. The van der Waals surface area contributed by atoms with Crippen LogP contribution in [-0.2, 0) is 4.79 Å². The number of amides is 1. The average molecular weight is 298 g/mol. The lowest BCUT2D eigenvalue weighted by Gasteiger charge is -2.25. The van der Waals surface area contributed by atoms with Gasteiger partial charge in [-0.05, 0) is 24.3 Å². The number of carbonyl (C=O) groups excluding carboxylic acids is 1. The lowest BCUT2D eigenvalue weighted by Crippen LogP contribution is -2.29. The maximum Gasteiger partial charge on any atom is 0.305 e. The van der Waals surface area contributed by atoms with Gasteiger partial charge >= 0.3 is 5.97 Å². The summed E-state index contributed by atoms with van der Waals surface area (Å²) in [6.45, 7) is 0. The number of aromatic nitrogens is 1. The van der Waals surface area contributed by atoms with E-state index in [0.29, 0.717) is 22.7 Å². The average Bonchev–Trinajstić information content (AvgIpc) is 2.80. The van der Waals surface area contributed by atoms with Gasteiger partial charge in [0.15, 0.2) is 0 Å². The standard InChI is InChI=1S/C16H14N2O4/c1-22-13-7-3-2-6-11(13)18-12(9-14(19)20)15-10(16(18)21)5-4-8-17-15/h2-8,12H,9H2,1H3,(H,19,20). The quantitative estimate of drug-likeness (QED) is 0.936. The summed E-state index contributed by atoms with van der Waals surface area (Å²) in [6, 6.07) is 9.72. The molecule has 0 saturated carbocycles. The van der Waals surface area contributed by atoms with E-state index in [1.807, 2.05) is 0 Å². The number of ether oxygens (including phenoxy) is 1. The predicted molar refractivity (Wildman–Crippen MR) is 79.0 cm³/mol. The molecule has 1 atom stereocenters. The van der Waals surface area contributed by atoms with Gasteiger partial charge in [-0.15, -0.1) is 0 Å². The fourth-order valence-electron chi connectivity index (χ4n) is 2.72. The smallest absolute Gasteiger partial charge is 0.305 e. The van der Waals surface area contributed by atoms with Gasteiger partial charge in [0.25, 0.3) is 5.91 Å². The van der Waals surface area contributed by atoms with E-state index in [1.54, 1.807) is 42.6 Å². The van der Waals surface area contributed by atoms with Crippen LogP contribution in [0.5, 0.6) is 5.75 Å². The van der Waals surface area contributed by atoms with Crippen molar-refractivity contribution in [3.8, 4) is 5.75 Å². The molecule has 6 nitrogen and oxygen atoms in total. The number of hydrogen-bond acceptors (Lipinski definition) is 4. The number of benzene rings is 1. The van der Waals surface area contributed by atoms with Crippen molar-refractivity contribution in [2.24, 2.45) is 0 Å². The molecule has 1 aliphatic rings. The van der Waals surface area contributed by atoms with Gasteiger partial charge in [-0.2, -0.15) is 0 Å². The lowest BCUT2D eigenvalue weighted by molar-refractivity contribution is -0.137. The molecule has 0 saturated heterocycles. The van der Waals surface area contributed by atoms with Gasteiger partial charge in [0.05, 0.1) is 36.5 Å². The van der Waals surface area contributed by atoms with Crippen LogP contribution in [0.4, 0.5) is 5.69 Å². The molecule has 1 aromatic carbocycles. The monoisotopic (exact) mass is 298 g/mol. The number of carbonyl (C=O) groups is 2. The summed E-state index contributed by atoms with van der Waals surface area (Å²) < 4.78 is 5.30. The van der Waals surface area contributed by atoms with Gasteiger partial charge < -0.3 is 9.84 Å². The number of anilines is 1. The molecule has 3 rings (SSSR count). The van der Waals surface area contributed by atoms with Crippen molar-refractivity contribution < 1.29 is 19.4 Å². The third kappa shape index (κ3) is 2.18. The molecule has 0 bridgehead atoms. The fourth-order valence-corrected chi connectivity index (χ4v) is 2.72. The molecule has 1 N–H and O–H groups in total. The minimum Gasteiger partial charge on any atom is -0.495 e. The van der Waals surface area contributed by atoms with E-state index in [4.69, 9.17) is 4.74 Å². The van der Waals surface area contributed by atoms with E-state index < -0.39 is 12.0 Å². The second-order valence-corrected chi connectivity index (χ2v) is 4.90. The Kier molecular flexibility index (Phi) is 3.50. The van der Waals surface area contributed by atoms with Crippen LogP contribution in [-0.4, -0.2) is 29.1 Å². The first-order valence-electron chi connectivity index (χ1n) is 6.76. The Morgan fingerprint density at radius 1 is 1.32 bits per heavy atom. The molecule has 2 aromatic rings. The summed E-state index contributed by atoms with van der Waals surface area (Å²) in [5.74, 6) is -0.742. The van der Waals surface area contributed by atoms with E-state index in [0.717, 1.165) is 0 Å². The van der Waals surface area contributed by atoms with Gasteiger partial charge in [-0.25, -0.2) is 0 Å². The zero-order valence-corrected chi connectivity index (χ0v) is 11.9. The highest BCUT2D eigenvalue weighted by molar-refractivity contribution is 6.11. The number of hydrogen-bond donors (Lipinski definition) is 1. The van der Waals surface area contributed by atoms with Crippen molar-refractivity contribution in [2.45, 2.75) is 12.5 Å².